The Morgan fingerprint density at radius 1 is 1.23 bits per heavy atom. The zero-order chi connectivity index (χ0) is 19.5. The zero-order valence-electron chi connectivity index (χ0n) is 13.9. The summed E-state index contributed by atoms with van der Waals surface area (Å²) in [7, 11) is 0. The highest BCUT2D eigenvalue weighted by molar-refractivity contribution is 6.24. The fourth-order valence-electron chi connectivity index (χ4n) is 2.25. The van der Waals surface area contributed by atoms with E-state index in [1.165, 1.54) is 6.92 Å². The number of esters is 1. The highest BCUT2D eigenvalue weighted by Gasteiger charge is 2.41. The molecule has 0 aromatic heterocycles. The Morgan fingerprint density at radius 3 is 2.42 bits per heavy atom. The molecule has 1 aliphatic carbocycles. The van der Waals surface area contributed by atoms with Crippen LogP contribution in [0.2, 0.25) is 0 Å². The molecule has 26 heavy (non-hydrogen) atoms. The van der Waals surface area contributed by atoms with Crippen molar-refractivity contribution in [3.05, 3.63) is 46.7 Å². The molecule has 0 bridgehead atoms. The molecule has 1 aromatic carbocycles. The van der Waals surface area contributed by atoms with Crippen LogP contribution >= 0.6 is 0 Å². The van der Waals surface area contributed by atoms with E-state index in [1.54, 1.807) is 0 Å². The lowest BCUT2D eigenvalue weighted by atomic mass is 10.0. The van der Waals surface area contributed by atoms with Gasteiger partial charge in [-0.3, -0.25) is 4.79 Å². The molecule has 0 atom stereocenters. The molecule has 0 heterocycles. The van der Waals surface area contributed by atoms with Crippen molar-refractivity contribution in [2.45, 2.75) is 19.8 Å². The minimum Gasteiger partial charge on any atom is -0.462 e. The number of Topliss-reactive ketones (excluding diaryl/α,β-unsaturated/α-hetero) is 1. The quantitative estimate of drug-likeness (QED) is 0.107. The minimum absolute atomic E-state index is 0.0977. The number of hydrogen-bond acceptors (Lipinski definition) is 5. The Hall–Kier alpha value is -2.42. The molecule has 0 spiro atoms. The highest BCUT2D eigenvalue weighted by atomic mass is 19.2. The third-order valence-corrected chi connectivity index (χ3v) is 4.10. The number of rotatable bonds is 8. The number of carbonyl (C=O) groups is 2. The fourth-order valence-corrected chi connectivity index (χ4v) is 2.25. The number of aliphatic hydroxyl groups excluding tert-OH is 1. The van der Waals surface area contributed by atoms with E-state index in [-0.39, 0.29) is 31.2 Å². The molecule has 0 radical (unpaired) electrons. The van der Waals surface area contributed by atoms with Crippen LogP contribution in [0, 0.1) is 28.7 Å². The third-order valence-electron chi connectivity index (χ3n) is 4.10. The fraction of sp³-hybridized carbons (Fsp3) is 0.412. The number of halogens is 4. The summed E-state index contributed by atoms with van der Waals surface area (Å²) in [6, 6.07) is 0.180. The first-order valence-electron chi connectivity index (χ1n) is 7.85. The largest absolute Gasteiger partial charge is 0.462 e. The van der Waals surface area contributed by atoms with Crippen molar-refractivity contribution < 1.29 is 37.0 Å². The van der Waals surface area contributed by atoms with E-state index in [2.05, 4.69) is 5.32 Å². The minimum atomic E-state index is -2.15. The van der Waals surface area contributed by atoms with E-state index >= 15 is 0 Å². The first kappa shape index (κ1) is 19.9. The maximum absolute atomic E-state index is 13.8. The van der Waals surface area contributed by atoms with Crippen LogP contribution in [0.1, 0.15) is 30.1 Å². The lowest BCUT2D eigenvalue weighted by Gasteiger charge is -2.13. The molecule has 2 N–H and O–H groups in total. The molecule has 0 aliphatic heterocycles. The number of nitrogens with one attached hydrogen (secondary N) is 1. The second-order valence-electron chi connectivity index (χ2n) is 5.99. The summed E-state index contributed by atoms with van der Waals surface area (Å²) in [5.41, 5.74) is -2.20. The van der Waals surface area contributed by atoms with Gasteiger partial charge >= 0.3 is 5.97 Å². The molecule has 5 nitrogen and oxygen atoms in total. The van der Waals surface area contributed by atoms with Crippen molar-refractivity contribution in [3.63, 3.8) is 0 Å². The molecule has 0 unspecified atom stereocenters. The highest BCUT2D eigenvalue weighted by Crippen LogP contribution is 2.44. The average Bonchev–Trinajstić information content (AvgIpc) is 3.40. The van der Waals surface area contributed by atoms with E-state index in [1.807, 2.05) is 0 Å². The lowest BCUT2D eigenvalue weighted by Crippen LogP contribution is -2.26. The summed E-state index contributed by atoms with van der Waals surface area (Å²) < 4.78 is 58.3. The van der Waals surface area contributed by atoms with Gasteiger partial charge < -0.3 is 15.2 Å². The maximum Gasteiger partial charge on any atom is 0.343 e. The van der Waals surface area contributed by atoms with Crippen molar-refractivity contribution >= 4 is 11.8 Å². The van der Waals surface area contributed by atoms with Crippen molar-refractivity contribution in [1.82, 2.24) is 5.32 Å². The molecule has 1 fully saturated rings. The van der Waals surface area contributed by atoms with E-state index in [4.69, 9.17) is 4.74 Å². The molecule has 2 rings (SSSR count). The first-order valence-corrected chi connectivity index (χ1v) is 7.85. The second-order valence-corrected chi connectivity index (χ2v) is 5.99. The van der Waals surface area contributed by atoms with Gasteiger partial charge in [0.15, 0.2) is 23.3 Å². The summed E-state index contributed by atoms with van der Waals surface area (Å²) in [5, 5.41) is 11.9. The van der Waals surface area contributed by atoms with E-state index < -0.39 is 46.2 Å². The monoisotopic (exact) mass is 375 g/mol. The van der Waals surface area contributed by atoms with Crippen molar-refractivity contribution in [1.29, 1.82) is 0 Å². The smallest absolute Gasteiger partial charge is 0.343 e. The standard InChI is InChI=1S/C17H17F4NO4/c1-2-26-16(25)10(6-22-7-17(8-23)3-4-17)15(24)9-5-11(18)13(20)14(21)12(9)19/h5-6,22-23H,2-4,7-8H2,1H3. The van der Waals surface area contributed by atoms with Gasteiger partial charge in [0.05, 0.1) is 18.8 Å². The molecule has 9 heteroatoms. The van der Waals surface area contributed by atoms with Crippen LogP contribution in [0.15, 0.2) is 17.8 Å². The summed E-state index contributed by atoms with van der Waals surface area (Å²) in [4.78, 5) is 24.3. The average molecular weight is 375 g/mol. The molecular formula is C17H17F4NO4. The van der Waals surface area contributed by atoms with Gasteiger partial charge in [-0.05, 0) is 25.8 Å². The molecule has 0 amide bonds. The third kappa shape index (κ3) is 4.04. The van der Waals surface area contributed by atoms with E-state index in [9.17, 15) is 32.3 Å². The number of benzene rings is 1. The van der Waals surface area contributed by atoms with Crippen LogP contribution in [-0.2, 0) is 9.53 Å². The normalized spacial score (nSPS) is 15.5. The maximum atomic E-state index is 13.8. The predicted octanol–water partition coefficient (Wildman–Crippen LogP) is 2.23. The van der Waals surface area contributed by atoms with Gasteiger partial charge in [-0.15, -0.1) is 0 Å². The van der Waals surface area contributed by atoms with Gasteiger partial charge in [-0.2, -0.15) is 0 Å². The van der Waals surface area contributed by atoms with Gasteiger partial charge in [0, 0.05) is 18.2 Å². The van der Waals surface area contributed by atoms with Crippen molar-refractivity contribution in [2.75, 3.05) is 19.8 Å². The number of hydrogen-bond donors (Lipinski definition) is 2. The van der Waals surface area contributed by atoms with Gasteiger partial charge in [-0.25, -0.2) is 22.4 Å². The molecular weight excluding hydrogens is 358 g/mol. The van der Waals surface area contributed by atoms with Crippen LogP contribution in [0.25, 0.3) is 0 Å². The Morgan fingerprint density at radius 2 is 1.88 bits per heavy atom. The summed E-state index contributed by atoms with van der Waals surface area (Å²) >= 11 is 0. The molecule has 0 saturated heterocycles. The van der Waals surface area contributed by atoms with Gasteiger partial charge in [0.1, 0.15) is 5.57 Å². The van der Waals surface area contributed by atoms with Gasteiger partial charge in [-0.1, -0.05) is 0 Å². The van der Waals surface area contributed by atoms with E-state index in [0.29, 0.717) is 0 Å². The van der Waals surface area contributed by atoms with Crippen molar-refractivity contribution in [3.8, 4) is 0 Å². The van der Waals surface area contributed by atoms with Crippen LogP contribution in [0.5, 0.6) is 0 Å². The van der Waals surface area contributed by atoms with Crippen LogP contribution in [0.3, 0.4) is 0 Å². The van der Waals surface area contributed by atoms with Crippen LogP contribution in [-0.4, -0.2) is 36.6 Å². The Kier molecular flexibility index (Phi) is 6.01. The molecule has 1 aliphatic rings. The van der Waals surface area contributed by atoms with Gasteiger partial charge in [0.2, 0.25) is 5.78 Å². The number of carbonyl (C=O) groups excluding carboxylic acids is 2. The van der Waals surface area contributed by atoms with Crippen LogP contribution < -0.4 is 5.32 Å². The SMILES string of the molecule is CCOC(=O)C(=CNCC1(CO)CC1)C(=O)c1cc(F)c(F)c(F)c1F. The Balaban J connectivity index is 2.33. The second kappa shape index (κ2) is 7.86. The van der Waals surface area contributed by atoms with Crippen LogP contribution in [0.4, 0.5) is 17.6 Å². The molecule has 142 valence electrons. The zero-order valence-corrected chi connectivity index (χ0v) is 13.9. The van der Waals surface area contributed by atoms with E-state index in [0.717, 1.165) is 19.0 Å². The lowest BCUT2D eigenvalue weighted by molar-refractivity contribution is -0.138. The molecule has 1 saturated carbocycles. The number of aliphatic hydroxyl groups is 1. The van der Waals surface area contributed by atoms with Crippen molar-refractivity contribution in [2.24, 2.45) is 5.41 Å². The number of ketones is 1. The van der Waals surface area contributed by atoms with Gasteiger partial charge in [0.25, 0.3) is 0 Å². The summed E-state index contributed by atoms with van der Waals surface area (Å²) in [6.45, 7) is 1.50. The Bertz CT molecular complexity index is 760. The topological polar surface area (TPSA) is 75.6 Å². The summed E-state index contributed by atoms with van der Waals surface area (Å²) in [6.07, 6.45) is 2.43. The first-order chi connectivity index (χ1) is 12.3. The Labute approximate surface area is 146 Å². The summed E-state index contributed by atoms with van der Waals surface area (Å²) in [5.74, 6) is -10.4. The number of ether oxygens (including phenoxy) is 1. The molecule has 1 aromatic rings. The predicted molar refractivity (Wildman–Crippen MR) is 82.1 cm³/mol.